The van der Waals surface area contributed by atoms with Gasteiger partial charge in [0.2, 0.25) is 0 Å². The summed E-state index contributed by atoms with van der Waals surface area (Å²) in [6.07, 6.45) is 2.10. The fourth-order valence-electron chi connectivity index (χ4n) is 3.24. The van der Waals surface area contributed by atoms with Crippen LogP contribution in [-0.4, -0.2) is 32.2 Å². The molecule has 146 valence electrons. The first kappa shape index (κ1) is 20.4. The van der Waals surface area contributed by atoms with Gasteiger partial charge < -0.3 is 14.5 Å². The molecule has 0 radical (unpaired) electrons. The lowest BCUT2D eigenvalue weighted by molar-refractivity contribution is -0.305. The van der Waals surface area contributed by atoms with Crippen LogP contribution >= 0.6 is 24.0 Å². The van der Waals surface area contributed by atoms with Gasteiger partial charge in [0, 0.05) is 29.6 Å². The lowest BCUT2D eigenvalue weighted by Crippen LogP contribution is -2.30. The summed E-state index contributed by atoms with van der Waals surface area (Å²) < 4.78 is 2.62. The molecule has 0 aliphatic carbocycles. The molecule has 0 spiro atoms. The molecule has 2 heterocycles. The van der Waals surface area contributed by atoms with Crippen molar-refractivity contribution in [3.05, 3.63) is 57.8 Å². The predicted molar refractivity (Wildman–Crippen MR) is 114 cm³/mol. The zero-order valence-corrected chi connectivity index (χ0v) is 17.7. The van der Waals surface area contributed by atoms with Gasteiger partial charge >= 0.3 is 0 Å². The van der Waals surface area contributed by atoms with Crippen molar-refractivity contribution >= 4 is 46.3 Å². The highest BCUT2D eigenvalue weighted by Gasteiger charge is 2.31. The summed E-state index contributed by atoms with van der Waals surface area (Å²) in [4.78, 5) is 25.3. The molecule has 0 N–H and O–H groups in total. The van der Waals surface area contributed by atoms with Crippen molar-refractivity contribution in [2.24, 2.45) is 0 Å². The number of nitrogens with zero attached hydrogens (tertiary/aromatic N) is 2. The lowest BCUT2D eigenvalue weighted by atomic mass is 10.2. The molecule has 0 unspecified atom stereocenters. The Hall–Kier alpha value is -2.38. The van der Waals surface area contributed by atoms with Crippen LogP contribution in [0.15, 0.2) is 35.2 Å². The number of carbonyl (C=O) groups excluding carboxylic acids is 2. The minimum Gasteiger partial charge on any atom is -0.550 e. The number of aliphatic carboxylic acids is 1. The highest BCUT2D eigenvalue weighted by atomic mass is 32.2. The summed E-state index contributed by atoms with van der Waals surface area (Å²) in [5, 5.41) is 10.6. The second-order valence-corrected chi connectivity index (χ2v) is 8.48. The molecular weight excluding hydrogens is 392 g/mol. The van der Waals surface area contributed by atoms with Crippen molar-refractivity contribution in [2.45, 2.75) is 33.6 Å². The lowest BCUT2D eigenvalue weighted by Gasteiger charge is -2.14. The number of aryl methyl sites for hydroxylation is 2. The Bertz CT molecular complexity index is 974. The number of thiocarbonyl (C=S) groups is 1. The molecule has 2 aromatic rings. The maximum absolute atomic E-state index is 12.7. The van der Waals surface area contributed by atoms with E-state index in [0.29, 0.717) is 22.2 Å². The summed E-state index contributed by atoms with van der Waals surface area (Å²) in [5.41, 5.74) is 5.37. The molecule has 1 aliphatic heterocycles. The van der Waals surface area contributed by atoms with E-state index < -0.39 is 5.97 Å². The molecular formula is C21H21N2O3S2-. The topological polar surface area (TPSA) is 65.4 Å². The van der Waals surface area contributed by atoms with E-state index in [9.17, 15) is 14.7 Å². The molecule has 1 aliphatic rings. The van der Waals surface area contributed by atoms with Crippen LogP contribution in [0.25, 0.3) is 11.8 Å². The molecule has 0 atom stereocenters. The summed E-state index contributed by atoms with van der Waals surface area (Å²) in [6.45, 7) is 6.41. The Morgan fingerprint density at radius 3 is 2.54 bits per heavy atom. The number of carboxylic acids is 1. The highest BCUT2D eigenvalue weighted by Crippen LogP contribution is 2.34. The van der Waals surface area contributed by atoms with Crippen LogP contribution in [0, 0.1) is 20.8 Å². The molecule has 1 amide bonds. The van der Waals surface area contributed by atoms with E-state index in [-0.39, 0.29) is 12.3 Å². The third kappa shape index (κ3) is 4.20. The van der Waals surface area contributed by atoms with E-state index >= 15 is 0 Å². The zero-order valence-electron chi connectivity index (χ0n) is 16.0. The van der Waals surface area contributed by atoms with E-state index in [1.54, 1.807) is 0 Å². The first-order valence-corrected chi connectivity index (χ1v) is 10.2. The van der Waals surface area contributed by atoms with Gasteiger partial charge in [0.15, 0.2) is 0 Å². The third-order valence-electron chi connectivity index (χ3n) is 4.69. The SMILES string of the molecule is Cc1ccc(-n2c(C)cc(/C=C3\SC(=S)N(CCCC(=O)[O-])C3=O)c2C)cc1. The van der Waals surface area contributed by atoms with Crippen LogP contribution in [0.4, 0.5) is 0 Å². The molecule has 28 heavy (non-hydrogen) atoms. The van der Waals surface area contributed by atoms with Crippen LogP contribution < -0.4 is 5.11 Å². The largest absolute Gasteiger partial charge is 0.550 e. The molecule has 5 nitrogen and oxygen atoms in total. The molecule has 1 aromatic carbocycles. The molecule has 0 saturated carbocycles. The van der Waals surface area contributed by atoms with Gasteiger partial charge in [-0.05, 0) is 63.5 Å². The van der Waals surface area contributed by atoms with Gasteiger partial charge in [-0.3, -0.25) is 9.69 Å². The molecule has 1 fully saturated rings. The minimum atomic E-state index is -1.12. The van der Waals surface area contributed by atoms with Crippen molar-refractivity contribution in [2.75, 3.05) is 6.54 Å². The monoisotopic (exact) mass is 413 g/mol. The number of carboxylic acid groups (broad SMARTS) is 1. The van der Waals surface area contributed by atoms with Crippen LogP contribution in [-0.2, 0) is 9.59 Å². The normalized spacial score (nSPS) is 15.7. The average molecular weight is 414 g/mol. The number of hydrogen-bond acceptors (Lipinski definition) is 5. The Kier molecular flexibility index (Phi) is 6.05. The maximum Gasteiger partial charge on any atom is 0.266 e. The van der Waals surface area contributed by atoms with Crippen molar-refractivity contribution in [1.82, 2.24) is 9.47 Å². The number of amides is 1. The van der Waals surface area contributed by atoms with E-state index in [2.05, 4.69) is 41.8 Å². The standard InChI is InChI=1S/C21H22N2O3S2/c1-13-6-8-17(9-7-13)23-14(2)11-16(15(23)3)12-18-20(26)22(21(27)28-18)10-4-5-19(24)25/h6-9,11-12H,4-5,10H2,1-3H3,(H,24,25)/p-1/b18-12-. The Labute approximate surface area is 174 Å². The Morgan fingerprint density at radius 2 is 1.89 bits per heavy atom. The Balaban J connectivity index is 1.85. The van der Waals surface area contributed by atoms with Gasteiger partial charge in [0.1, 0.15) is 4.32 Å². The van der Waals surface area contributed by atoms with Crippen LogP contribution in [0.3, 0.4) is 0 Å². The first-order chi connectivity index (χ1) is 13.3. The van der Waals surface area contributed by atoms with Crippen molar-refractivity contribution in [1.29, 1.82) is 0 Å². The second kappa shape index (κ2) is 8.32. The first-order valence-electron chi connectivity index (χ1n) is 8.99. The van der Waals surface area contributed by atoms with Crippen molar-refractivity contribution in [3.8, 4) is 5.69 Å². The number of thioether (sulfide) groups is 1. The number of carbonyl (C=O) groups is 2. The third-order valence-corrected chi connectivity index (χ3v) is 6.06. The molecule has 1 saturated heterocycles. The maximum atomic E-state index is 12.7. The quantitative estimate of drug-likeness (QED) is 0.538. The zero-order chi connectivity index (χ0) is 20.4. The van der Waals surface area contributed by atoms with E-state index in [4.69, 9.17) is 12.2 Å². The van der Waals surface area contributed by atoms with Crippen LogP contribution in [0.5, 0.6) is 0 Å². The van der Waals surface area contributed by atoms with Gasteiger partial charge in [-0.15, -0.1) is 0 Å². The van der Waals surface area contributed by atoms with Gasteiger partial charge in [-0.25, -0.2) is 0 Å². The summed E-state index contributed by atoms with van der Waals surface area (Å²) in [7, 11) is 0. The Morgan fingerprint density at radius 1 is 1.21 bits per heavy atom. The van der Waals surface area contributed by atoms with Gasteiger partial charge in [0.05, 0.1) is 4.91 Å². The van der Waals surface area contributed by atoms with Crippen molar-refractivity contribution < 1.29 is 14.7 Å². The van der Waals surface area contributed by atoms with Gasteiger partial charge in [-0.1, -0.05) is 41.7 Å². The summed E-state index contributed by atoms with van der Waals surface area (Å²) in [6, 6.07) is 10.4. The average Bonchev–Trinajstić information content (AvgIpc) is 3.06. The molecule has 7 heteroatoms. The van der Waals surface area contributed by atoms with Gasteiger partial charge in [0.25, 0.3) is 5.91 Å². The summed E-state index contributed by atoms with van der Waals surface area (Å²) in [5.74, 6) is -1.29. The highest BCUT2D eigenvalue weighted by molar-refractivity contribution is 8.26. The number of benzene rings is 1. The smallest absolute Gasteiger partial charge is 0.266 e. The van der Waals surface area contributed by atoms with Crippen molar-refractivity contribution in [3.63, 3.8) is 0 Å². The number of aromatic nitrogens is 1. The van der Waals surface area contributed by atoms with E-state index in [1.165, 1.54) is 22.2 Å². The van der Waals surface area contributed by atoms with Crippen LogP contribution in [0.1, 0.15) is 35.4 Å². The fourth-order valence-corrected chi connectivity index (χ4v) is 4.54. The molecule has 1 aromatic heterocycles. The number of rotatable bonds is 6. The fraction of sp³-hybridized carbons (Fsp3) is 0.286. The van der Waals surface area contributed by atoms with Gasteiger partial charge in [-0.2, -0.15) is 0 Å². The second-order valence-electron chi connectivity index (χ2n) is 6.81. The molecule has 0 bridgehead atoms. The predicted octanol–water partition coefficient (Wildman–Crippen LogP) is 3.13. The molecule has 3 rings (SSSR count). The van der Waals surface area contributed by atoms with E-state index in [1.807, 2.05) is 19.9 Å². The number of hydrogen-bond donors (Lipinski definition) is 0. The summed E-state index contributed by atoms with van der Waals surface area (Å²) >= 11 is 6.56. The van der Waals surface area contributed by atoms with Crippen LogP contribution in [0.2, 0.25) is 0 Å². The van der Waals surface area contributed by atoms with E-state index in [0.717, 1.165) is 22.6 Å². The minimum absolute atomic E-state index is 0.0895.